The molecule has 20 heavy (non-hydrogen) atoms. The maximum atomic E-state index is 14.4. The Balaban J connectivity index is 1.69. The van der Waals surface area contributed by atoms with Crippen LogP contribution in [0.1, 0.15) is 5.69 Å². The van der Waals surface area contributed by atoms with Crippen molar-refractivity contribution in [2.75, 3.05) is 18.0 Å². The first-order chi connectivity index (χ1) is 9.65. The van der Waals surface area contributed by atoms with Crippen LogP contribution in [0.4, 0.5) is 10.1 Å². The first-order valence-corrected chi connectivity index (χ1v) is 6.66. The summed E-state index contributed by atoms with van der Waals surface area (Å²) in [7, 11) is 0. The van der Waals surface area contributed by atoms with E-state index in [2.05, 4.69) is 16.8 Å². The van der Waals surface area contributed by atoms with E-state index < -0.39 is 5.67 Å². The number of hydrogen-bond acceptors (Lipinski definition) is 2. The third kappa shape index (κ3) is 2.76. The van der Waals surface area contributed by atoms with E-state index in [-0.39, 0.29) is 13.1 Å². The van der Waals surface area contributed by atoms with Gasteiger partial charge in [0.25, 0.3) is 0 Å². The zero-order chi connectivity index (χ0) is 14.0. The summed E-state index contributed by atoms with van der Waals surface area (Å²) in [5.41, 5.74) is 0.0379. The molecule has 1 aliphatic heterocycles. The van der Waals surface area contributed by atoms with Crippen molar-refractivity contribution in [3.63, 3.8) is 0 Å². The minimum atomic E-state index is -1.47. The van der Waals surface area contributed by atoms with Crippen LogP contribution in [-0.2, 0) is 0 Å². The van der Waals surface area contributed by atoms with Crippen LogP contribution >= 0.6 is 11.6 Å². The third-order valence-electron chi connectivity index (χ3n) is 3.14. The standard InChI is InChI=1S/C16H12ClFN2/c17-13-4-3-6-15(10-13)20-11-16(18,12-20)8-7-14-5-1-2-9-19-14/h1-6,9-10H,11-12H2. The predicted octanol–water partition coefficient (Wildman–Crippen LogP) is 3.32. The van der Waals surface area contributed by atoms with Gasteiger partial charge in [0.2, 0.25) is 5.67 Å². The molecule has 2 aromatic rings. The van der Waals surface area contributed by atoms with Gasteiger partial charge < -0.3 is 4.90 Å². The Kier molecular flexibility index (Phi) is 3.33. The van der Waals surface area contributed by atoms with Crippen molar-refractivity contribution in [3.05, 3.63) is 59.4 Å². The second-order valence-electron chi connectivity index (χ2n) is 4.77. The average Bonchev–Trinajstić information content (AvgIpc) is 2.43. The molecule has 1 fully saturated rings. The maximum absolute atomic E-state index is 14.4. The van der Waals surface area contributed by atoms with Crippen LogP contribution in [0.25, 0.3) is 0 Å². The van der Waals surface area contributed by atoms with E-state index in [0.717, 1.165) is 5.69 Å². The topological polar surface area (TPSA) is 16.1 Å². The van der Waals surface area contributed by atoms with Gasteiger partial charge in [-0.25, -0.2) is 9.37 Å². The fourth-order valence-electron chi connectivity index (χ4n) is 2.11. The van der Waals surface area contributed by atoms with Crippen molar-refractivity contribution in [1.82, 2.24) is 4.98 Å². The Hall–Kier alpha value is -2.05. The summed E-state index contributed by atoms with van der Waals surface area (Å²) in [6.07, 6.45) is 1.65. The molecule has 0 atom stereocenters. The van der Waals surface area contributed by atoms with Crippen molar-refractivity contribution in [3.8, 4) is 11.8 Å². The minimum Gasteiger partial charge on any atom is -0.363 e. The van der Waals surface area contributed by atoms with Gasteiger partial charge in [0.15, 0.2) is 0 Å². The molecule has 1 aliphatic rings. The van der Waals surface area contributed by atoms with E-state index in [0.29, 0.717) is 10.7 Å². The Morgan fingerprint density at radius 3 is 2.75 bits per heavy atom. The normalized spacial score (nSPS) is 16.0. The lowest BCUT2D eigenvalue weighted by Crippen LogP contribution is -2.58. The number of nitrogens with zero attached hydrogens (tertiary/aromatic N) is 2. The zero-order valence-electron chi connectivity index (χ0n) is 10.7. The number of aromatic nitrogens is 1. The third-order valence-corrected chi connectivity index (χ3v) is 3.37. The molecule has 0 spiro atoms. The van der Waals surface area contributed by atoms with Crippen molar-refractivity contribution >= 4 is 17.3 Å². The molecule has 1 saturated heterocycles. The fourth-order valence-corrected chi connectivity index (χ4v) is 2.29. The fraction of sp³-hybridized carbons (Fsp3) is 0.188. The van der Waals surface area contributed by atoms with Crippen LogP contribution in [0.15, 0.2) is 48.7 Å². The highest BCUT2D eigenvalue weighted by Crippen LogP contribution is 2.31. The largest absolute Gasteiger partial charge is 0.363 e. The highest BCUT2D eigenvalue weighted by Gasteiger charge is 2.42. The molecular weight excluding hydrogens is 275 g/mol. The van der Waals surface area contributed by atoms with Crippen LogP contribution in [0.3, 0.4) is 0 Å². The Morgan fingerprint density at radius 1 is 1.20 bits per heavy atom. The Morgan fingerprint density at radius 2 is 2.05 bits per heavy atom. The number of pyridine rings is 1. The number of rotatable bonds is 1. The quantitative estimate of drug-likeness (QED) is 0.748. The number of benzene rings is 1. The van der Waals surface area contributed by atoms with Gasteiger partial charge in [-0.3, -0.25) is 0 Å². The Labute approximate surface area is 122 Å². The van der Waals surface area contributed by atoms with Crippen LogP contribution in [0.5, 0.6) is 0 Å². The van der Waals surface area contributed by atoms with Crippen molar-refractivity contribution in [2.24, 2.45) is 0 Å². The van der Waals surface area contributed by atoms with E-state index in [1.54, 1.807) is 24.4 Å². The lowest BCUT2D eigenvalue weighted by Gasteiger charge is -2.42. The molecule has 1 aromatic carbocycles. The predicted molar refractivity (Wildman–Crippen MR) is 78.6 cm³/mol. The molecule has 2 heterocycles. The number of anilines is 1. The molecule has 2 nitrogen and oxygen atoms in total. The second kappa shape index (κ2) is 5.15. The van der Waals surface area contributed by atoms with Crippen molar-refractivity contribution < 1.29 is 4.39 Å². The molecule has 0 radical (unpaired) electrons. The molecule has 0 unspecified atom stereocenters. The van der Waals surface area contributed by atoms with Gasteiger partial charge in [-0.05, 0) is 36.3 Å². The first kappa shape index (κ1) is 13.0. The highest BCUT2D eigenvalue weighted by molar-refractivity contribution is 6.30. The summed E-state index contributed by atoms with van der Waals surface area (Å²) >= 11 is 5.93. The zero-order valence-corrected chi connectivity index (χ0v) is 11.4. The van der Waals surface area contributed by atoms with Gasteiger partial charge in [0.1, 0.15) is 5.69 Å². The van der Waals surface area contributed by atoms with E-state index in [1.807, 2.05) is 29.2 Å². The average molecular weight is 287 g/mol. The molecule has 100 valence electrons. The SMILES string of the molecule is FC1(C#Cc2ccccn2)CN(c2cccc(Cl)c2)C1. The summed E-state index contributed by atoms with van der Waals surface area (Å²) in [6.45, 7) is 0.514. The van der Waals surface area contributed by atoms with Gasteiger partial charge in [-0.1, -0.05) is 29.7 Å². The van der Waals surface area contributed by atoms with Crippen molar-refractivity contribution in [2.45, 2.75) is 5.67 Å². The second-order valence-corrected chi connectivity index (χ2v) is 5.20. The molecule has 0 bridgehead atoms. The van der Waals surface area contributed by atoms with E-state index in [1.165, 1.54) is 0 Å². The Bertz CT molecular complexity index is 670. The first-order valence-electron chi connectivity index (χ1n) is 6.28. The molecule has 3 rings (SSSR count). The smallest absolute Gasteiger partial charge is 0.205 e. The highest BCUT2D eigenvalue weighted by atomic mass is 35.5. The number of halogens is 2. The monoisotopic (exact) mass is 286 g/mol. The maximum Gasteiger partial charge on any atom is 0.205 e. The number of hydrogen-bond donors (Lipinski definition) is 0. The van der Waals surface area contributed by atoms with Gasteiger partial charge in [0.05, 0.1) is 13.1 Å². The lowest BCUT2D eigenvalue weighted by atomic mass is 9.96. The van der Waals surface area contributed by atoms with Crippen LogP contribution < -0.4 is 4.90 Å². The van der Waals surface area contributed by atoms with E-state index in [4.69, 9.17) is 11.6 Å². The molecular formula is C16H12ClFN2. The van der Waals surface area contributed by atoms with Crippen LogP contribution in [-0.4, -0.2) is 23.7 Å². The molecule has 0 N–H and O–H groups in total. The van der Waals surface area contributed by atoms with E-state index >= 15 is 0 Å². The van der Waals surface area contributed by atoms with Gasteiger partial charge in [0, 0.05) is 16.9 Å². The summed E-state index contributed by atoms with van der Waals surface area (Å²) < 4.78 is 14.4. The van der Waals surface area contributed by atoms with Crippen molar-refractivity contribution in [1.29, 1.82) is 0 Å². The molecule has 0 aliphatic carbocycles. The van der Waals surface area contributed by atoms with Gasteiger partial charge >= 0.3 is 0 Å². The summed E-state index contributed by atoms with van der Waals surface area (Å²) in [5, 5.41) is 0.651. The van der Waals surface area contributed by atoms with E-state index in [9.17, 15) is 4.39 Å². The minimum absolute atomic E-state index is 0.257. The van der Waals surface area contributed by atoms with Gasteiger partial charge in [-0.2, -0.15) is 0 Å². The molecule has 0 amide bonds. The van der Waals surface area contributed by atoms with Crippen LogP contribution in [0, 0.1) is 11.8 Å². The lowest BCUT2D eigenvalue weighted by molar-refractivity contribution is 0.192. The molecule has 0 saturated carbocycles. The summed E-state index contributed by atoms with van der Waals surface area (Å²) in [4.78, 5) is 5.97. The summed E-state index contributed by atoms with van der Waals surface area (Å²) in [5.74, 6) is 5.45. The molecule has 1 aromatic heterocycles. The molecule has 4 heteroatoms. The summed E-state index contributed by atoms with van der Waals surface area (Å²) in [6, 6.07) is 12.8. The number of alkyl halides is 1. The van der Waals surface area contributed by atoms with Gasteiger partial charge in [-0.15, -0.1) is 0 Å². The van der Waals surface area contributed by atoms with Crippen LogP contribution in [0.2, 0.25) is 5.02 Å².